The van der Waals surface area contributed by atoms with Crippen molar-refractivity contribution in [2.75, 3.05) is 25.1 Å². The second kappa shape index (κ2) is 7.27. The molecule has 3 rings (SSSR count). The molecule has 0 spiro atoms. The molecular formula is C15H13N3O6. The van der Waals surface area contributed by atoms with Crippen molar-refractivity contribution < 1.29 is 28.2 Å². The summed E-state index contributed by atoms with van der Waals surface area (Å²) in [6.07, 6.45) is 1.15. The molecule has 2 aromatic rings. The number of esters is 1. The summed E-state index contributed by atoms with van der Waals surface area (Å²) in [5.41, 5.74) is 0.721. The monoisotopic (exact) mass is 331 g/mol. The highest BCUT2D eigenvalue weighted by Crippen LogP contribution is 2.18. The van der Waals surface area contributed by atoms with Gasteiger partial charge in [0.1, 0.15) is 19.5 Å². The van der Waals surface area contributed by atoms with Crippen LogP contribution in [0.5, 0.6) is 0 Å². The first-order chi connectivity index (χ1) is 11.7. The predicted octanol–water partition coefficient (Wildman–Crippen LogP) is 1.11. The van der Waals surface area contributed by atoms with Crippen molar-refractivity contribution in [2.24, 2.45) is 0 Å². The van der Waals surface area contributed by atoms with Crippen LogP contribution in [0.25, 0.3) is 11.5 Å². The minimum Gasteiger partial charge on any atom is -0.493 e. The molecule has 1 N–H and O–H groups in total. The number of aromatic nitrogens is 2. The van der Waals surface area contributed by atoms with E-state index >= 15 is 0 Å². The number of hydrogen-bond acceptors (Lipinski definition) is 8. The van der Waals surface area contributed by atoms with E-state index in [1.165, 1.54) is 0 Å². The number of nitrogens with one attached hydrogen (secondary N) is 1. The molecule has 0 saturated carbocycles. The van der Waals surface area contributed by atoms with Crippen LogP contribution >= 0.6 is 0 Å². The lowest BCUT2D eigenvalue weighted by Crippen LogP contribution is -2.23. The van der Waals surface area contributed by atoms with Crippen LogP contribution in [-0.2, 0) is 23.8 Å². The van der Waals surface area contributed by atoms with Gasteiger partial charge in [-0.2, -0.15) is 0 Å². The minimum atomic E-state index is -0.791. The van der Waals surface area contributed by atoms with Gasteiger partial charge in [0.25, 0.3) is 5.91 Å². The van der Waals surface area contributed by atoms with E-state index in [1.54, 1.807) is 12.1 Å². The van der Waals surface area contributed by atoms with E-state index in [4.69, 9.17) is 18.6 Å². The first-order valence-corrected chi connectivity index (χ1v) is 7.03. The first kappa shape index (κ1) is 15.5. The Morgan fingerprint density at radius 1 is 1.17 bits per heavy atom. The van der Waals surface area contributed by atoms with Gasteiger partial charge in [-0.05, 0) is 12.1 Å². The zero-order valence-electron chi connectivity index (χ0n) is 12.4. The average molecular weight is 331 g/mol. The van der Waals surface area contributed by atoms with Crippen LogP contribution in [0.3, 0.4) is 0 Å². The fourth-order valence-electron chi connectivity index (χ4n) is 1.80. The van der Waals surface area contributed by atoms with E-state index < -0.39 is 18.5 Å². The van der Waals surface area contributed by atoms with Gasteiger partial charge in [0.2, 0.25) is 11.6 Å². The summed E-state index contributed by atoms with van der Waals surface area (Å²) in [4.78, 5) is 23.4. The van der Waals surface area contributed by atoms with E-state index in [0.717, 1.165) is 11.8 Å². The van der Waals surface area contributed by atoms with Crippen molar-refractivity contribution in [1.82, 2.24) is 10.2 Å². The van der Waals surface area contributed by atoms with Crippen molar-refractivity contribution >= 4 is 17.9 Å². The van der Waals surface area contributed by atoms with Crippen LogP contribution in [0.1, 0.15) is 0 Å². The summed E-state index contributed by atoms with van der Waals surface area (Å²) >= 11 is 0. The largest absolute Gasteiger partial charge is 0.493 e. The van der Waals surface area contributed by atoms with E-state index in [2.05, 4.69) is 15.5 Å². The Balaban J connectivity index is 1.51. The molecule has 0 saturated heterocycles. The molecule has 124 valence electrons. The van der Waals surface area contributed by atoms with Crippen LogP contribution in [0.4, 0.5) is 6.01 Å². The Kier molecular flexibility index (Phi) is 4.70. The fourth-order valence-corrected chi connectivity index (χ4v) is 1.80. The van der Waals surface area contributed by atoms with Crippen LogP contribution in [0, 0.1) is 0 Å². The summed E-state index contributed by atoms with van der Waals surface area (Å²) in [5, 5.41) is 9.87. The highest BCUT2D eigenvalue weighted by atomic mass is 16.6. The van der Waals surface area contributed by atoms with E-state index in [9.17, 15) is 9.59 Å². The van der Waals surface area contributed by atoms with Gasteiger partial charge in [-0.15, -0.1) is 5.10 Å². The lowest BCUT2D eigenvalue weighted by atomic mass is 10.2. The summed E-state index contributed by atoms with van der Waals surface area (Å²) < 4.78 is 20.1. The number of amides is 1. The van der Waals surface area contributed by atoms with E-state index in [-0.39, 0.29) is 24.3 Å². The Bertz CT molecular complexity index is 756. The normalized spacial score (nSPS) is 13.2. The summed E-state index contributed by atoms with van der Waals surface area (Å²) in [5.74, 6) is -1.23. The molecule has 1 aliphatic heterocycles. The molecule has 1 amide bonds. The van der Waals surface area contributed by atoms with Gasteiger partial charge in [-0.1, -0.05) is 23.3 Å². The number of hydrogen-bond donors (Lipinski definition) is 1. The smallest absolute Gasteiger partial charge is 0.377 e. The Morgan fingerprint density at radius 3 is 2.75 bits per heavy atom. The molecule has 9 nitrogen and oxygen atoms in total. The standard InChI is InChI=1S/C15H13N3O6/c19-12(9-23-14(20)11-8-21-6-7-22-11)16-15-18-17-13(24-15)10-4-2-1-3-5-10/h1-5,8H,6-7,9H2,(H,16,18,19). The number of rotatable bonds is 5. The third-order valence-electron chi connectivity index (χ3n) is 2.88. The molecule has 0 fully saturated rings. The van der Waals surface area contributed by atoms with Crippen molar-refractivity contribution in [3.05, 3.63) is 42.4 Å². The molecule has 0 atom stereocenters. The average Bonchev–Trinajstić information content (AvgIpc) is 3.09. The second-order valence-corrected chi connectivity index (χ2v) is 4.60. The van der Waals surface area contributed by atoms with Crippen molar-refractivity contribution in [3.63, 3.8) is 0 Å². The topological polar surface area (TPSA) is 113 Å². The zero-order chi connectivity index (χ0) is 16.8. The molecule has 0 aliphatic carbocycles. The van der Waals surface area contributed by atoms with Gasteiger partial charge in [0.05, 0.1) is 0 Å². The number of anilines is 1. The molecule has 1 aliphatic rings. The number of benzene rings is 1. The maximum absolute atomic E-state index is 11.7. The van der Waals surface area contributed by atoms with Gasteiger partial charge >= 0.3 is 12.0 Å². The SMILES string of the molecule is O=C(COC(=O)C1=COCCO1)Nc1nnc(-c2ccccc2)o1. The lowest BCUT2D eigenvalue weighted by molar-refractivity contribution is -0.148. The maximum atomic E-state index is 11.7. The van der Waals surface area contributed by atoms with Crippen molar-refractivity contribution in [3.8, 4) is 11.5 Å². The molecule has 0 unspecified atom stereocenters. The third-order valence-corrected chi connectivity index (χ3v) is 2.88. The van der Waals surface area contributed by atoms with Crippen LogP contribution in [0.2, 0.25) is 0 Å². The molecule has 1 aromatic carbocycles. The van der Waals surface area contributed by atoms with E-state index in [0.29, 0.717) is 6.61 Å². The predicted molar refractivity (Wildman–Crippen MR) is 79.3 cm³/mol. The Morgan fingerprint density at radius 2 is 2.00 bits per heavy atom. The summed E-state index contributed by atoms with van der Waals surface area (Å²) in [6.45, 7) is 0.0815. The molecule has 9 heteroatoms. The molecule has 24 heavy (non-hydrogen) atoms. The van der Waals surface area contributed by atoms with Gasteiger partial charge in [0, 0.05) is 5.56 Å². The van der Waals surface area contributed by atoms with E-state index in [1.807, 2.05) is 18.2 Å². The van der Waals surface area contributed by atoms with Gasteiger partial charge in [0.15, 0.2) is 6.61 Å². The van der Waals surface area contributed by atoms with Crippen LogP contribution in [0.15, 0.2) is 46.8 Å². The van der Waals surface area contributed by atoms with Gasteiger partial charge in [-0.3, -0.25) is 10.1 Å². The van der Waals surface area contributed by atoms with Crippen LogP contribution < -0.4 is 5.32 Å². The molecule has 0 radical (unpaired) electrons. The third kappa shape index (κ3) is 3.88. The van der Waals surface area contributed by atoms with Gasteiger partial charge in [-0.25, -0.2) is 4.79 Å². The fraction of sp³-hybridized carbons (Fsp3) is 0.200. The number of nitrogens with zero attached hydrogens (tertiary/aromatic N) is 2. The van der Waals surface area contributed by atoms with Crippen molar-refractivity contribution in [2.45, 2.75) is 0 Å². The maximum Gasteiger partial charge on any atom is 0.377 e. The number of carbonyl (C=O) groups excluding carboxylic acids is 2. The highest BCUT2D eigenvalue weighted by Gasteiger charge is 2.18. The molecule has 0 bridgehead atoms. The van der Waals surface area contributed by atoms with Crippen molar-refractivity contribution in [1.29, 1.82) is 0 Å². The molecular weight excluding hydrogens is 318 g/mol. The Labute approximate surface area is 136 Å². The highest BCUT2D eigenvalue weighted by molar-refractivity contribution is 5.93. The Hall–Kier alpha value is -3.36. The summed E-state index contributed by atoms with van der Waals surface area (Å²) in [6, 6.07) is 8.99. The quantitative estimate of drug-likeness (QED) is 0.811. The van der Waals surface area contributed by atoms with Crippen LogP contribution in [-0.4, -0.2) is 41.9 Å². The number of ether oxygens (including phenoxy) is 3. The first-order valence-electron chi connectivity index (χ1n) is 7.03. The van der Waals surface area contributed by atoms with Gasteiger partial charge < -0.3 is 18.6 Å². The second-order valence-electron chi connectivity index (χ2n) is 4.60. The minimum absolute atomic E-state index is 0.0850. The number of carbonyl (C=O) groups is 2. The molecule has 2 heterocycles. The lowest BCUT2D eigenvalue weighted by Gasteiger charge is -2.13. The zero-order valence-corrected chi connectivity index (χ0v) is 12.4. The molecule has 1 aromatic heterocycles. The summed E-state index contributed by atoms with van der Waals surface area (Å²) in [7, 11) is 0.